The SMILES string of the molecule is CC(C)(CN)c1ccc(-c2ccccc2F)s1. The van der Waals surface area contributed by atoms with Gasteiger partial charge in [-0.15, -0.1) is 11.3 Å². The van der Waals surface area contributed by atoms with Crippen molar-refractivity contribution in [1.29, 1.82) is 0 Å². The quantitative estimate of drug-likeness (QED) is 0.880. The number of rotatable bonds is 3. The van der Waals surface area contributed by atoms with Gasteiger partial charge in [-0.1, -0.05) is 32.0 Å². The highest BCUT2D eigenvalue weighted by Crippen LogP contribution is 2.35. The van der Waals surface area contributed by atoms with Gasteiger partial charge in [0.25, 0.3) is 0 Å². The molecule has 0 aliphatic carbocycles. The summed E-state index contributed by atoms with van der Waals surface area (Å²) >= 11 is 1.61. The maximum absolute atomic E-state index is 13.6. The lowest BCUT2D eigenvalue weighted by molar-refractivity contribution is 0.550. The van der Waals surface area contributed by atoms with Crippen LogP contribution in [0.1, 0.15) is 18.7 Å². The average molecular weight is 249 g/mol. The number of thiophene rings is 1. The second kappa shape index (κ2) is 4.59. The second-order valence-electron chi connectivity index (χ2n) is 4.73. The van der Waals surface area contributed by atoms with Crippen LogP contribution in [-0.2, 0) is 5.41 Å². The molecule has 2 rings (SSSR count). The Kier molecular flexibility index (Phi) is 3.31. The van der Waals surface area contributed by atoms with Crippen molar-refractivity contribution in [1.82, 2.24) is 0 Å². The summed E-state index contributed by atoms with van der Waals surface area (Å²) < 4.78 is 13.6. The van der Waals surface area contributed by atoms with Gasteiger partial charge in [0.2, 0.25) is 0 Å². The normalized spacial score (nSPS) is 11.8. The number of halogens is 1. The summed E-state index contributed by atoms with van der Waals surface area (Å²) in [5.41, 5.74) is 6.36. The monoisotopic (exact) mass is 249 g/mol. The van der Waals surface area contributed by atoms with E-state index in [1.165, 1.54) is 10.9 Å². The van der Waals surface area contributed by atoms with E-state index in [1.807, 2.05) is 18.2 Å². The summed E-state index contributed by atoms with van der Waals surface area (Å²) in [6.45, 7) is 4.79. The molecule has 1 aromatic heterocycles. The fourth-order valence-electron chi connectivity index (χ4n) is 1.61. The van der Waals surface area contributed by atoms with Crippen molar-refractivity contribution in [3.63, 3.8) is 0 Å². The first-order valence-corrected chi connectivity index (χ1v) is 6.41. The molecule has 17 heavy (non-hydrogen) atoms. The van der Waals surface area contributed by atoms with E-state index in [1.54, 1.807) is 23.5 Å². The van der Waals surface area contributed by atoms with Crippen LogP contribution >= 0.6 is 11.3 Å². The highest BCUT2D eigenvalue weighted by atomic mass is 32.1. The van der Waals surface area contributed by atoms with Gasteiger partial charge in [0.1, 0.15) is 5.82 Å². The van der Waals surface area contributed by atoms with Crippen LogP contribution in [0.4, 0.5) is 4.39 Å². The minimum absolute atomic E-state index is 0.0474. The Morgan fingerprint density at radius 3 is 2.53 bits per heavy atom. The lowest BCUT2D eigenvalue weighted by Crippen LogP contribution is -2.26. The van der Waals surface area contributed by atoms with E-state index in [9.17, 15) is 4.39 Å². The highest BCUT2D eigenvalue weighted by Gasteiger charge is 2.21. The molecule has 0 unspecified atom stereocenters. The Hall–Kier alpha value is -1.19. The van der Waals surface area contributed by atoms with E-state index < -0.39 is 0 Å². The van der Waals surface area contributed by atoms with E-state index in [-0.39, 0.29) is 11.2 Å². The molecule has 0 amide bonds. The van der Waals surface area contributed by atoms with Gasteiger partial charge in [0, 0.05) is 27.3 Å². The molecule has 0 aliphatic heterocycles. The molecular formula is C14H16FNS. The topological polar surface area (TPSA) is 26.0 Å². The predicted molar refractivity (Wildman–Crippen MR) is 71.8 cm³/mol. The Labute approximate surface area is 105 Å². The molecule has 0 atom stereocenters. The molecule has 0 fully saturated rings. The minimum Gasteiger partial charge on any atom is -0.330 e. The van der Waals surface area contributed by atoms with Crippen molar-refractivity contribution in [2.45, 2.75) is 19.3 Å². The molecule has 0 saturated carbocycles. The number of hydrogen-bond acceptors (Lipinski definition) is 2. The zero-order valence-corrected chi connectivity index (χ0v) is 10.9. The lowest BCUT2D eigenvalue weighted by atomic mass is 9.92. The molecule has 1 heterocycles. The van der Waals surface area contributed by atoms with Crippen molar-refractivity contribution in [2.75, 3.05) is 6.54 Å². The average Bonchev–Trinajstić information content (AvgIpc) is 2.79. The van der Waals surface area contributed by atoms with Gasteiger partial charge in [0.05, 0.1) is 0 Å². The highest BCUT2D eigenvalue weighted by molar-refractivity contribution is 7.15. The van der Waals surface area contributed by atoms with Gasteiger partial charge in [-0.25, -0.2) is 4.39 Å². The number of nitrogens with two attached hydrogens (primary N) is 1. The molecule has 90 valence electrons. The van der Waals surface area contributed by atoms with Crippen molar-refractivity contribution < 1.29 is 4.39 Å². The first kappa shape index (κ1) is 12.3. The van der Waals surface area contributed by atoms with E-state index in [0.717, 1.165) is 4.88 Å². The van der Waals surface area contributed by atoms with Crippen LogP contribution in [0.25, 0.3) is 10.4 Å². The maximum Gasteiger partial charge on any atom is 0.131 e. The first-order valence-electron chi connectivity index (χ1n) is 5.60. The van der Waals surface area contributed by atoms with Crippen LogP contribution in [0, 0.1) is 5.82 Å². The van der Waals surface area contributed by atoms with Crippen LogP contribution in [0.15, 0.2) is 36.4 Å². The Morgan fingerprint density at radius 2 is 1.88 bits per heavy atom. The Morgan fingerprint density at radius 1 is 1.18 bits per heavy atom. The third-order valence-electron chi connectivity index (χ3n) is 2.92. The van der Waals surface area contributed by atoms with E-state index in [2.05, 4.69) is 13.8 Å². The van der Waals surface area contributed by atoms with E-state index in [4.69, 9.17) is 5.73 Å². The van der Waals surface area contributed by atoms with E-state index >= 15 is 0 Å². The van der Waals surface area contributed by atoms with Crippen molar-refractivity contribution in [3.8, 4) is 10.4 Å². The molecule has 0 radical (unpaired) electrons. The van der Waals surface area contributed by atoms with Crippen molar-refractivity contribution in [2.24, 2.45) is 5.73 Å². The second-order valence-corrected chi connectivity index (χ2v) is 5.82. The van der Waals surface area contributed by atoms with Gasteiger partial charge in [0.15, 0.2) is 0 Å². The van der Waals surface area contributed by atoms with E-state index in [0.29, 0.717) is 12.1 Å². The van der Waals surface area contributed by atoms with Crippen LogP contribution in [0.3, 0.4) is 0 Å². The van der Waals surface area contributed by atoms with Gasteiger partial charge in [-0.2, -0.15) is 0 Å². The zero-order chi connectivity index (χ0) is 12.5. The fourth-order valence-corrected chi connectivity index (χ4v) is 2.75. The number of benzene rings is 1. The fraction of sp³-hybridized carbons (Fsp3) is 0.286. The molecule has 1 nitrogen and oxygen atoms in total. The largest absolute Gasteiger partial charge is 0.330 e. The summed E-state index contributed by atoms with van der Waals surface area (Å²) in [6.07, 6.45) is 0. The van der Waals surface area contributed by atoms with Gasteiger partial charge < -0.3 is 5.73 Å². The molecular weight excluding hydrogens is 233 g/mol. The molecule has 0 saturated heterocycles. The summed E-state index contributed by atoms with van der Waals surface area (Å²) in [5, 5.41) is 0. The Balaban J connectivity index is 2.40. The molecule has 0 bridgehead atoms. The minimum atomic E-state index is -0.175. The van der Waals surface area contributed by atoms with Crippen LogP contribution in [-0.4, -0.2) is 6.54 Å². The molecule has 0 spiro atoms. The summed E-state index contributed by atoms with van der Waals surface area (Å²) in [4.78, 5) is 2.15. The Bertz CT molecular complexity index is 516. The lowest BCUT2D eigenvalue weighted by Gasteiger charge is -2.20. The van der Waals surface area contributed by atoms with Crippen LogP contribution in [0.2, 0.25) is 0 Å². The summed E-state index contributed by atoms with van der Waals surface area (Å²) in [5.74, 6) is -0.175. The third kappa shape index (κ3) is 2.40. The van der Waals surface area contributed by atoms with Crippen LogP contribution in [0.5, 0.6) is 0 Å². The molecule has 3 heteroatoms. The summed E-state index contributed by atoms with van der Waals surface area (Å²) in [6, 6.07) is 10.9. The summed E-state index contributed by atoms with van der Waals surface area (Å²) in [7, 11) is 0. The number of hydrogen-bond donors (Lipinski definition) is 1. The van der Waals surface area contributed by atoms with Crippen LogP contribution < -0.4 is 5.73 Å². The third-order valence-corrected chi connectivity index (χ3v) is 4.41. The van der Waals surface area contributed by atoms with Crippen molar-refractivity contribution >= 4 is 11.3 Å². The molecule has 0 aliphatic rings. The molecule has 2 N–H and O–H groups in total. The molecule has 2 aromatic rings. The molecule has 1 aromatic carbocycles. The van der Waals surface area contributed by atoms with Gasteiger partial charge in [-0.3, -0.25) is 0 Å². The smallest absolute Gasteiger partial charge is 0.131 e. The predicted octanol–water partition coefficient (Wildman–Crippen LogP) is 3.79. The van der Waals surface area contributed by atoms with Crippen molar-refractivity contribution in [3.05, 3.63) is 47.1 Å². The first-order chi connectivity index (χ1) is 8.04. The zero-order valence-electron chi connectivity index (χ0n) is 10.0. The maximum atomic E-state index is 13.6. The van der Waals surface area contributed by atoms with Gasteiger partial charge in [-0.05, 0) is 18.2 Å². The standard InChI is InChI=1S/C14H16FNS/c1-14(2,9-16)13-8-7-12(17-13)10-5-3-4-6-11(10)15/h3-8H,9,16H2,1-2H3. The van der Waals surface area contributed by atoms with Gasteiger partial charge >= 0.3 is 0 Å².